The summed E-state index contributed by atoms with van der Waals surface area (Å²) in [5, 5.41) is 18.5. The molecule has 6 rings (SSSR count). The van der Waals surface area contributed by atoms with Crippen molar-refractivity contribution in [1.82, 2.24) is 10.2 Å². The van der Waals surface area contributed by atoms with Gasteiger partial charge in [-0.15, -0.1) is 0 Å². The monoisotopic (exact) mass is 565 g/mol. The predicted molar refractivity (Wildman–Crippen MR) is 152 cm³/mol. The summed E-state index contributed by atoms with van der Waals surface area (Å²) in [4.78, 5) is 13.9. The average molecular weight is 566 g/mol. The number of nitrogens with one attached hydrogen (secondary N) is 1. The fourth-order valence-electron chi connectivity index (χ4n) is 6.49. The quantitative estimate of drug-likeness (QED) is 0.318. The molecular formula is C30H35N3O6S. The Morgan fingerprint density at radius 1 is 1.07 bits per heavy atom. The van der Waals surface area contributed by atoms with Gasteiger partial charge in [0.25, 0.3) is 0 Å². The zero-order chi connectivity index (χ0) is 28.3. The van der Waals surface area contributed by atoms with Crippen LogP contribution in [0.2, 0.25) is 0 Å². The predicted octanol–water partition coefficient (Wildman–Crippen LogP) is 3.54. The van der Waals surface area contributed by atoms with E-state index in [9.17, 15) is 18.3 Å². The van der Waals surface area contributed by atoms with E-state index in [4.69, 9.17) is 14.6 Å². The lowest BCUT2D eigenvalue weighted by Gasteiger charge is -2.56. The number of sulfonamides is 1. The number of primary sulfonamides is 1. The van der Waals surface area contributed by atoms with E-state index >= 15 is 0 Å². The number of nitrogens with zero attached hydrogens (tertiary/aromatic N) is 1. The Morgan fingerprint density at radius 2 is 1.73 bits per heavy atom. The molecule has 3 fully saturated rings. The second-order valence-corrected chi connectivity index (χ2v) is 12.1. The van der Waals surface area contributed by atoms with Gasteiger partial charge in [-0.1, -0.05) is 66.7 Å². The standard InChI is InChI=1S/C30H35N3O6S/c1-38-25-13-12-20(19-40(31,36)37)16-23(25)17-32-28-24-14-15-33(18-26(24)39-30(34)35)29(28)27(21-8-4-2-5-9-21)22-10-6-3-7-11-22/h2-13,16,24,26-29,32H,14-15,17-19H2,1H3,(H,34,35)(H2,31,36,37)/t24-,26+,28+,29+/m1/s1. The van der Waals surface area contributed by atoms with Crippen molar-refractivity contribution >= 4 is 16.2 Å². The molecule has 3 aromatic carbocycles. The average Bonchev–Trinajstić information content (AvgIpc) is 2.93. The van der Waals surface area contributed by atoms with E-state index in [1.165, 1.54) is 11.1 Å². The van der Waals surface area contributed by atoms with Crippen molar-refractivity contribution in [2.24, 2.45) is 11.1 Å². The topological polar surface area (TPSA) is 131 Å². The van der Waals surface area contributed by atoms with Crippen LogP contribution in [0.1, 0.15) is 34.6 Å². The summed E-state index contributed by atoms with van der Waals surface area (Å²) in [7, 11) is -2.12. The van der Waals surface area contributed by atoms with Crippen molar-refractivity contribution in [2.75, 3.05) is 20.2 Å². The third kappa shape index (κ3) is 6.31. The summed E-state index contributed by atoms with van der Waals surface area (Å²) in [6, 6.07) is 25.9. The Morgan fingerprint density at radius 3 is 2.30 bits per heavy atom. The fourth-order valence-corrected chi connectivity index (χ4v) is 7.14. The van der Waals surface area contributed by atoms with E-state index in [0.29, 0.717) is 24.4 Å². The van der Waals surface area contributed by atoms with E-state index in [1.54, 1.807) is 25.3 Å². The van der Waals surface area contributed by atoms with Crippen LogP contribution < -0.4 is 15.2 Å². The van der Waals surface area contributed by atoms with Gasteiger partial charge in [-0.25, -0.2) is 18.4 Å². The Kier molecular flexibility index (Phi) is 8.41. The summed E-state index contributed by atoms with van der Waals surface area (Å²) in [5.41, 5.74) is 3.73. The molecule has 10 heteroatoms. The second kappa shape index (κ2) is 12.0. The maximum absolute atomic E-state index is 11.7. The lowest BCUT2D eigenvalue weighted by Crippen LogP contribution is -2.69. The minimum absolute atomic E-state index is 0.0239. The highest BCUT2D eigenvalue weighted by Crippen LogP contribution is 2.43. The molecule has 0 radical (unpaired) electrons. The molecule has 0 amide bonds. The van der Waals surface area contributed by atoms with Crippen LogP contribution in [-0.4, -0.2) is 63.0 Å². The van der Waals surface area contributed by atoms with Gasteiger partial charge in [0.1, 0.15) is 11.9 Å². The van der Waals surface area contributed by atoms with E-state index in [1.807, 2.05) is 36.4 Å². The molecule has 3 aromatic rings. The van der Waals surface area contributed by atoms with Gasteiger partial charge in [-0.2, -0.15) is 0 Å². The van der Waals surface area contributed by atoms with Crippen molar-refractivity contribution in [3.05, 3.63) is 101 Å². The van der Waals surface area contributed by atoms with Gasteiger partial charge in [-0.05, 0) is 41.8 Å². The number of carboxylic acid groups (broad SMARTS) is 1. The zero-order valence-electron chi connectivity index (χ0n) is 22.3. The minimum atomic E-state index is -3.70. The summed E-state index contributed by atoms with van der Waals surface area (Å²) in [6.45, 7) is 1.77. The third-order valence-corrected chi connectivity index (χ3v) is 8.78. The van der Waals surface area contributed by atoms with Crippen molar-refractivity contribution in [3.63, 3.8) is 0 Å². The van der Waals surface area contributed by atoms with Gasteiger partial charge < -0.3 is 19.9 Å². The number of hydrogen-bond donors (Lipinski definition) is 3. The summed E-state index contributed by atoms with van der Waals surface area (Å²) >= 11 is 0. The molecule has 0 saturated carbocycles. The van der Waals surface area contributed by atoms with Crippen molar-refractivity contribution in [3.8, 4) is 5.75 Å². The molecule has 3 aliphatic rings. The Labute approximate surface area is 235 Å². The Balaban J connectivity index is 1.52. The zero-order valence-corrected chi connectivity index (χ0v) is 23.2. The van der Waals surface area contributed by atoms with E-state index in [0.717, 1.165) is 18.5 Å². The SMILES string of the molecule is COc1ccc(CS(N)(=O)=O)cc1CN[C@H]1[C@@H]2CCN(C[C@@H]2OC(=O)O)[C@H]1C(c1ccccc1)c1ccccc1. The molecule has 3 saturated heterocycles. The third-order valence-electron chi connectivity index (χ3n) is 8.04. The van der Waals surface area contributed by atoms with E-state index < -0.39 is 22.3 Å². The molecule has 3 heterocycles. The maximum Gasteiger partial charge on any atom is 0.506 e. The summed E-state index contributed by atoms with van der Waals surface area (Å²) < 4.78 is 34.4. The van der Waals surface area contributed by atoms with Crippen molar-refractivity contribution < 1.29 is 27.8 Å². The molecular weight excluding hydrogens is 530 g/mol. The first-order valence-corrected chi connectivity index (χ1v) is 15.1. The highest BCUT2D eigenvalue weighted by atomic mass is 32.2. The van der Waals surface area contributed by atoms with Gasteiger partial charge in [-0.3, -0.25) is 4.90 Å². The number of fused-ring (bicyclic) bond motifs is 3. The van der Waals surface area contributed by atoms with Crippen molar-refractivity contribution in [2.45, 2.75) is 42.8 Å². The van der Waals surface area contributed by atoms with Crippen LogP contribution in [0.4, 0.5) is 4.79 Å². The van der Waals surface area contributed by atoms with Gasteiger partial charge in [0.05, 0.1) is 12.9 Å². The Bertz CT molecular complexity index is 1380. The second-order valence-electron chi connectivity index (χ2n) is 10.5. The number of carbonyl (C=O) groups is 1. The van der Waals surface area contributed by atoms with Crippen LogP contribution in [0.3, 0.4) is 0 Å². The van der Waals surface area contributed by atoms with Crippen LogP contribution >= 0.6 is 0 Å². The maximum atomic E-state index is 11.7. The lowest BCUT2D eigenvalue weighted by atomic mass is 9.69. The number of rotatable bonds is 10. The number of benzene rings is 3. The largest absolute Gasteiger partial charge is 0.506 e. The smallest absolute Gasteiger partial charge is 0.496 e. The molecule has 4 N–H and O–H groups in total. The molecule has 5 atom stereocenters. The van der Waals surface area contributed by atoms with Crippen LogP contribution in [-0.2, 0) is 27.1 Å². The first kappa shape index (κ1) is 28.1. The van der Waals surface area contributed by atoms with Crippen LogP contribution in [0.5, 0.6) is 5.75 Å². The summed E-state index contributed by atoms with van der Waals surface area (Å²) in [5.74, 6) is 0.346. The number of methoxy groups -OCH3 is 1. The molecule has 0 aliphatic carbocycles. The molecule has 2 bridgehead atoms. The first-order valence-electron chi connectivity index (χ1n) is 13.4. The summed E-state index contributed by atoms with van der Waals surface area (Å²) in [6.07, 6.45) is -0.928. The van der Waals surface area contributed by atoms with Gasteiger partial charge in [0.2, 0.25) is 10.0 Å². The van der Waals surface area contributed by atoms with Gasteiger partial charge in [0.15, 0.2) is 0 Å². The van der Waals surface area contributed by atoms with Crippen LogP contribution in [0.25, 0.3) is 0 Å². The Hall–Kier alpha value is -3.44. The fraction of sp³-hybridized carbons (Fsp3) is 0.367. The number of nitrogens with two attached hydrogens (primary N) is 1. The highest BCUT2D eigenvalue weighted by molar-refractivity contribution is 7.88. The van der Waals surface area contributed by atoms with Crippen molar-refractivity contribution in [1.29, 1.82) is 0 Å². The number of hydrogen-bond acceptors (Lipinski definition) is 7. The molecule has 9 nitrogen and oxygen atoms in total. The first-order chi connectivity index (χ1) is 19.2. The van der Waals surface area contributed by atoms with E-state index in [2.05, 4.69) is 34.5 Å². The molecule has 0 aromatic heterocycles. The lowest BCUT2D eigenvalue weighted by molar-refractivity contribution is -0.0951. The molecule has 3 aliphatic heterocycles. The highest BCUT2D eigenvalue weighted by Gasteiger charge is 2.51. The number of ether oxygens (including phenoxy) is 2. The molecule has 1 unspecified atom stereocenters. The molecule has 40 heavy (non-hydrogen) atoms. The van der Waals surface area contributed by atoms with Crippen LogP contribution in [0.15, 0.2) is 78.9 Å². The van der Waals surface area contributed by atoms with Gasteiger partial charge >= 0.3 is 6.16 Å². The molecule has 0 spiro atoms. The number of piperidine rings is 3. The van der Waals surface area contributed by atoms with E-state index in [-0.39, 0.29) is 29.7 Å². The minimum Gasteiger partial charge on any atom is -0.496 e. The van der Waals surface area contributed by atoms with Crippen LogP contribution in [0, 0.1) is 5.92 Å². The van der Waals surface area contributed by atoms with Gasteiger partial charge in [0, 0.05) is 42.6 Å². The molecule has 212 valence electrons. The normalized spacial score (nSPS) is 24.1.